The van der Waals surface area contributed by atoms with Crippen molar-refractivity contribution in [3.8, 4) is 17.2 Å². The van der Waals surface area contributed by atoms with Gasteiger partial charge in [0.05, 0.1) is 18.8 Å². The molecule has 1 aliphatic rings. The lowest BCUT2D eigenvalue weighted by molar-refractivity contribution is 0.0734. The normalized spacial score (nSPS) is 16.8. The molecule has 4 nitrogen and oxygen atoms in total. The van der Waals surface area contributed by atoms with Gasteiger partial charge >= 0.3 is 5.97 Å². The van der Waals surface area contributed by atoms with Gasteiger partial charge in [0.2, 0.25) is 0 Å². The largest absolute Gasteiger partial charge is 0.494 e. The second-order valence-corrected chi connectivity index (χ2v) is 12.1. The van der Waals surface area contributed by atoms with Crippen LogP contribution in [0.5, 0.6) is 17.2 Å². The van der Waals surface area contributed by atoms with Crippen molar-refractivity contribution in [3.63, 3.8) is 0 Å². The molecule has 0 heterocycles. The third-order valence-electron chi connectivity index (χ3n) is 8.60. The number of hydrogen-bond acceptors (Lipinski definition) is 4. The summed E-state index contributed by atoms with van der Waals surface area (Å²) >= 11 is 0. The molecule has 0 amide bonds. The lowest BCUT2D eigenvalue weighted by Crippen LogP contribution is -2.15. The second kappa shape index (κ2) is 20.4. The van der Waals surface area contributed by atoms with Gasteiger partial charge in [-0.3, -0.25) is 0 Å². The minimum Gasteiger partial charge on any atom is -0.494 e. The van der Waals surface area contributed by atoms with E-state index in [0.717, 1.165) is 42.8 Å². The van der Waals surface area contributed by atoms with E-state index in [-0.39, 0.29) is 5.97 Å². The summed E-state index contributed by atoms with van der Waals surface area (Å²) in [5.74, 6) is 3.62. The monoisotopic (exact) mass is 564 g/mol. The zero-order valence-electron chi connectivity index (χ0n) is 26.0. The van der Waals surface area contributed by atoms with Crippen molar-refractivity contribution in [2.45, 2.75) is 129 Å². The molecule has 4 heteroatoms. The van der Waals surface area contributed by atoms with Crippen LogP contribution in [0.4, 0.5) is 0 Å². The number of rotatable bonds is 21. The Bertz CT molecular complexity index is 928. The van der Waals surface area contributed by atoms with Gasteiger partial charge in [-0.1, -0.05) is 110 Å². The molecular formula is C37H56O4. The third kappa shape index (κ3) is 13.8. The Morgan fingerprint density at radius 2 is 1.00 bits per heavy atom. The van der Waals surface area contributed by atoms with Gasteiger partial charge in [-0.15, -0.1) is 0 Å². The van der Waals surface area contributed by atoms with Crippen molar-refractivity contribution in [2.24, 2.45) is 11.8 Å². The SMILES string of the molecule is CCCCCCCCCCOc1ccc(C(=O)Oc2ccc(OCCCC3CCC(CCCCC)CC3)cc2)cc1. The average molecular weight is 565 g/mol. The molecule has 1 fully saturated rings. The third-order valence-corrected chi connectivity index (χ3v) is 8.60. The van der Waals surface area contributed by atoms with Crippen LogP contribution >= 0.6 is 0 Å². The van der Waals surface area contributed by atoms with E-state index in [9.17, 15) is 4.79 Å². The molecule has 0 saturated heterocycles. The molecule has 0 N–H and O–H groups in total. The molecule has 228 valence electrons. The zero-order chi connectivity index (χ0) is 29.0. The molecule has 0 aromatic heterocycles. The van der Waals surface area contributed by atoms with Crippen LogP contribution in [0.15, 0.2) is 48.5 Å². The molecule has 2 aromatic carbocycles. The number of esters is 1. The summed E-state index contributed by atoms with van der Waals surface area (Å²) in [6.45, 7) is 6.00. The second-order valence-electron chi connectivity index (χ2n) is 12.1. The van der Waals surface area contributed by atoms with Crippen LogP contribution in [-0.2, 0) is 0 Å². The van der Waals surface area contributed by atoms with Gasteiger partial charge in [-0.25, -0.2) is 4.79 Å². The lowest BCUT2D eigenvalue weighted by Gasteiger charge is -2.28. The first-order valence-electron chi connectivity index (χ1n) is 16.9. The minimum absolute atomic E-state index is 0.367. The number of ether oxygens (including phenoxy) is 3. The number of carbonyl (C=O) groups excluding carboxylic acids is 1. The first-order chi connectivity index (χ1) is 20.2. The lowest BCUT2D eigenvalue weighted by atomic mass is 9.78. The highest BCUT2D eigenvalue weighted by molar-refractivity contribution is 5.91. The first-order valence-corrected chi connectivity index (χ1v) is 16.9. The van der Waals surface area contributed by atoms with Crippen molar-refractivity contribution < 1.29 is 19.0 Å². The summed E-state index contributed by atoms with van der Waals surface area (Å²) in [5.41, 5.74) is 0.514. The first kappa shape index (κ1) is 33.0. The van der Waals surface area contributed by atoms with E-state index in [0.29, 0.717) is 17.9 Å². The van der Waals surface area contributed by atoms with Crippen LogP contribution in [0.1, 0.15) is 140 Å². The van der Waals surface area contributed by atoms with Crippen molar-refractivity contribution >= 4 is 5.97 Å². The zero-order valence-corrected chi connectivity index (χ0v) is 26.0. The highest BCUT2D eigenvalue weighted by atomic mass is 16.5. The van der Waals surface area contributed by atoms with Gasteiger partial charge < -0.3 is 14.2 Å². The van der Waals surface area contributed by atoms with Gasteiger partial charge in [0, 0.05) is 0 Å². The van der Waals surface area contributed by atoms with Gasteiger partial charge in [-0.05, 0) is 79.6 Å². The molecule has 0 bridgehead atoms. The Balaban J connectivity index is 1.25. The molecule has 0 aliphatic heterocycles. The van der Waals surface area contributed by atoms with Crippen molar-refractivity contribution in [1.82, 2.24) is 0 Å². The molecule has 0 atom stereocenters. The van der Waals surface area contributed by atoms with Crippen molar-refractivity contribution in [3.05, 3.63) is 54.1 Å². The van der Waals surface area contributed by atoms with E-state index in [1.807, 2.05) is 24.3 Å². The van der Waals surface area contributed by atoms with E-state index in [4.69, 9.17) is 14.2 Å². The summed E-state index contributed by atoms with van der Waals surface area (Å²) in [6.07, 6.45) is 23.8. The Labute approximate surface area is 250 Å². The maximum absolute atomic E-state index is 12.6. The molecular weight excluding hydrogens is 508 g/mol. The Morgan fingerprint density at radius 1 is 0.561 bits per heavy atom. The van der Waals surface area contributed by atoms with Gasteiger partial charge in [0.15, 0.2) is 0 Å². The molecule has 1 aliphatic carbocycles. The molecule has 0 unspecified atom stereocenters. The van der Waals surface area contributed by atoms with Crippen LogP contribution in [0.3, 0.4) is 0 Å². The van der Waals surface area contributed by atoms with Crippen molar-refractivity contribution in [2.75, 3.05) is 13.2 Å². The smallest absolute Gasteiger partial charge is 0.343 e. The average Bonchev–Trinajstić information content (AvgIpc) is 3.00. The predicted octanol–water partition coefficient (Wildman–Crippen LogP) is 11.0. The van der Waals surface area contributed by atoms with E-state index >= 15 is 0 Å². The van der Waals surface area contributed by atoms with Crippen LogP contribution in [0.25, 0.3) is 0 Å². The predicted molar refractivity (Wildman–Crippen MR) is 170 cm³/mol. The Morgan fingerprint density at radius 3 is 1.59 bits per heavy atom. The van der Waals surface area contributed by atoms with Crippen LogP contribution in [-0.4, -0.2) is 19.2 Å². The highest BCUT2D eigenvalue weighted by Crippen LogP contribution is 2.34. The summed E-state index contributed by atoms with van der Waals surface area (Å²) < 4.78 is 17.4. The highest BCUT2D eigenvalue weighted by Gasteiger charge is 2.20. The van der Waals surface area contributed by atoms with E-state index in [1.165, 1.54) is 103 Å². The van der Waals surface area contributed by atoms with Gasteiger partial charge in [-0.2, -0.15) is 0 Å². The fraction of sp³-hybridized carbons (Fsp3) is 0.649. The van der Waals surface area contributed by atoms with Crippen LogP contribution in [0, 0.1) is 11.8 Å². The van der Waals surface area contributed by atoms with Gasteiger partial charge in [0.1, 0.15) is 17.2 Å². The molecule has 41 heavy (non-hydrogen) atoms. The molecule has 2 aromatic rings. The summed E-state index contributed by atoms with van der Waals surface area (Å²) in [7, 11) is 0. The molecule has 0 spiro atoms. The Kier molecular flexibility index (Phi) is 16.4. The summed E-state index contributed by atoms with van der Waals surface area (Å²) in [6, 6.07) is 14.6. The topological polar surface area (TPSA) is 44.8 Å². The maximum Gasteiger partial charge on any atom is 0.343 e. The van der Waals surface area contributed by atoms with Gasteiger partial charge in [0.25, 0.3) is 0 Å². The fourth-order valence-corrected chi connectivity index (χ4v) is 5.94. The Hall–Kier alpha value is -2.49. The van der Waals surface area contributed by atoms with Crippen LogP contribution in [0.2, 0.25) is 0 Å². The number of carbonyl (C=O) groups is 1. The number of hydrogen-bond donors (Lipinski definition) is 0. The molecule has 1 saturated carbocycles. The van der Waals surface area contributed by atoms with Crippen molar-refractivity contribution in [1.29, 1.82) is 0 Å². The quantitative estimate of drug-likeness (QED) is 0.0859. The van der Waals surface area contributed by atoms with Crippen LogP contribution < -0.4 is 14.2 Å². The van der Waals surface area contributed by atoms with E-state index < -0.39 is 0 Å². The standard InChI is InChI=1S/C37H56O4/c1-3-5-7-8-9-10-11-13-29-39-34-23-21-33(22-24-34)37(38)41-36-27-25-35(26-28-36)40-30-14-16-32-19-17-31(18-20-32)15-12-6-4-2/h21-28,31-32H,3-20,29-30H2,1-2H3. The number of unbranched alkanes of at least 4 members (excludes halogenated alkanes) is 9. The van der Waals surface area contributed by atoms with E-state index in [2.05, 4.69) is 13.8 Å². The number of benzene rings is 2. The fourth-order valence-electron chi connectivity index (χ4n) is 5.94. The maximum atomic E-state index is 12.6. The summed E-state index contributed by atoms with van der Waals surface area (Å²) in [5, 5.41) is 0. The minimum atomic E-state index is -0.367. The molecule has 3 rings (SSSR count). The summed E-state index contributed by atoms with van der Waals surface area (Å²) in [4.78, 5) is 12.6. The molecule has 0 radical (unpaired) electrons. The van der Waals surface area contributed by atoms with E-state index in [1.54, 1.807) is 24.3 Å².